The van der Waals surface area contributed by atoms with E-state index in [2.05, 4.69) is 20.4 Å². The molecule has 6 nitrogen and oxygen atoms in total. The number of alkyl halides is 3. The highest BCUT2D eigenvalue weighted by Gasteiger charge is 2.28. The average molecular weight is 571 g/mol. The average Bonchev–Trinajstić information content (AvgIpc) is 2.74. The predicted molar refractivity (Wildman–Crippen MR) is 124 cm³/mol. The standard InChI is InChI=1S/C21H25F4N3O3.HI/c1-2-26-20(28-12-17(29)13-30-18-9-5-16(22)6-10-18)27-11-15-3-7-19(8-4-15)31-14-21(23,24)25;/h3-10,17,29H,2,11-14H2,1H3,(H2,26,27,28);1H. The van der Waals surface area contributed by atoms with Gasteiger partial charge in [0.1, 0.15) is 30.0 Å². The first-order valence-corrected chi connectivity index (χ1v) is 9.62. The molecule has 0 radical (unpaired) electrons. The molecule has 2 aromatic rings. The second-order valence-corrected chi connectivity index (χ2v) is 6.54. The van der Waals surface area contributed by atoms with Gasteiger partial charge >= 0.3 is 6.18 Å². The molecule has 0 saturated heterocycles. The van der Waals surface area contributed by atoms with Crippen molar-refractivity contribution in [2.24, 2.45) is 4.99 Å². The van der Waals surface area contributed by atoms with Crippen LogP contribution in [0.5, 0.6) is 11.5 Å². The first-order valence-electron chi connectivity index (χ1n) is 9.62. The monoisotopic (exact) mass is 571 g/mol. The van der Waals surface area contributed by atoms with Crippen LogP contribution in [-0.2, 0) is 6.54 Å². The molecule has 0 aromatic heterocycles. The minimum atomic E-state index is -4.38. The zero-order chi connectivity index (χ0) is 22.7. The van der Waals surface area contributed by atoms with Crippen molar-refractivity contribution >= 4 is 29.9 Å². The number of halogens is 5. The predicted octanol–water partition coefficient (Wildman–Crippen LogP) is 3.88. The molecule has 0 saturated carbocycles. The van der Waals surface area contributed by atoms with Crippen LogP contribution in [0.4, 0.5) is 17.6 Å². The Kier molecular flexibility index (Phi) is 12.1. The Morgan fingerprint density at radius 3 is 2.19 bits per heavy atom. The molecule has 0 fully saturated rings. The summed E-state index contributed by atoms with van der Waals surface area (Å²) in [5.41, 5.74) is 0.775. The number of aliphatic imine (C=N–C) groups is 1. The number of hydrogen-bond acceptors (Lipinski definition) is 4. The Morgan fingerprint density at radius 1 is 1.00 bits per heavy atom. The van der Waals surface area contributed by atoms with Gasteiger partial charge in [0.15, 0.2) is 12.6 Å². The molecule has 0 heterocycles. The lowest BCUT2D eigenvalue weighted by Crippen LogP contribution is -2.42. The van der Waals surface area contributed by atoms with E-state index in [4.69, 9.17) is 4.74 Å². The third-order valence-corrected chi connectivity index (χ3v) is 3.85. The molecule has 1 atom stereocenters. The van der Waals surface area contributed by atoms with E-state index in [-0.39, 0.29) is 55.2 Å². The number of nitrogens with one attached hydrogen (secondary N) is 2. The van der Waals surface area contributed by atoms with Gasteiger partial charge in [0.05, 0.1) is 6.54 Å². The molecular weight excluding hydrogens is 545 g/mol. The van der Waals surface area contributed by atoms with E-state index in [0.717, 1.165) is 5.56 Å². The van der Waals surface area contributed by atoms with Gasteiger partial charge in [-0.05, 0) is 48.9 Å². The molecule has 0 bridgehead atoms. The van der Waals surface area contributed by atoms with Crippen LogP contribution in [0.2, 0.25) is 0 Å². The van der Waals surface area contributed by atoms with Gasteiger partial charge in [-0.2, -0.15) is 13.2 Å². The maximum Gasteiger partial charge on any atom is 0.422 e. The van der Waals surface area contributed by atoms with E-state index >= 15 is 0 Å². The van der Waals surface area contributed by atoms with Gasteiger partial charge in [0.2, 0.25) is 0 Å². The first-order chi connectivity index (χ1) is 14.7. The number of aliphatic hydroxyl groups excluding tert-OH is 1. The number of nitrogens with zero attached hydrogens (tertiary/aromatic N) is 1. The zero-order valence-electron chi connectivity index (χ0n) is 17.4. The molecule has 0 aliphatic rings. The summed E-state index contributed by atoms with van der Waals surface area (Å²) in [6.45, 7) is 1.59. The van der Waals surface area contributed by atoms with Crippen LogP contribution in [0.1, 0.15) is 12.5 Å². The van der Waals surface area contributed by atoms with Crippen molar-refractivity contribution in [3.63, 3.8) is 0 Å². The van der Waals surface area contributed by atoms with Crippen molar-refractivity contribution in [2.75, 3.05) is 26.3 Å². The summed E-state index contributed by atoms with van der Waals surface area (Å²) < 4.78 is 59.5. The summed E-state index contributed by atoms with van der Waals surface area (Å²) in [5.74, 6) is 0.660. The van der Waals surface area contributed by atoms with Crippen molar-refractivity contribution < 1.29 is 32.1 Å². The van der Waals surface area contributed by atoms with E-state index in [1.54, 1.807) is 12.1 Å². The van der Waals surface area contributed by atoms with Crippen LogP contribution in [0.25, 0.3) is 0 Å². The van der Waals surface area contributed by atoms with Crippen LogP contribution in [-0.4, -0.2) is 49.6 Å². The summed E-state index contributed by atoms with van der Waals surface area (Å²) in [6.07, 6.45) is -5.22. The second-order valence-electron chi connectivity index (χ2n) is 6.54. The quantitative estimate of drug-likeness (QED) is 0.175. The van der Waals surface area contributed by atoms with Gasteiger partial charge in [0.25, 0.3) is 0 Å². The topological polar surface area (TPSA) is 75.1 Å². The Labute approximate surface area is 201 Å². The zero-order valence-corrected chi connectivity index (χ0v) is 19.7. The Hall–Kier alpha value is -2.28. The van der Waals surface area contributed by atoms with Crippen molar-refractivity contribution in [3.8, 4) is 11.5 Å². The number of ether oxygens (including phenoxy) is 2. The molecule has 32 heavy (non-hydrogen) atoms. The van der Waals surface area contributed by atoms with Crippen molar-refractivity contribution in [1.82, 2.24) is 10.6 Å². The van der Waals surface area contributed by atoms with E-state index < -0.39 is 18.9 Å². The summed E-state index contributed by atoms with van der Waals surface area (Å²) in [7, 11) is 0. The normalized spacial score (nSPS) is 12.5. The molecule has 3 N–H and O–H groups in total. The summed E-state index contributed by atoms with van der Waals surface area (Å²) in [5, 5.41) is 16.1. The van der Waals surface area contributed by atoms with E-state index in [1.165, 1.54) is 36.4 Å². The van der Waals surface area contributed by atoms with Crippen molar-refractivity contribution in [2.45, 2.75) is 25.7 Å². The number of benzene rings is 2. The fraction of sp³-hybridized carbons (Fsp3) is 0.381. The maximum absolute atomic E-state index is 12.9. The first kappa shape index (κ1) is 27.8. The highest BCUT2D eigenvalue weighted by molar-refractivity contribution is 14.0. The molecule has 2 aromatic carbocycles. The van der Waals surface area contributed by atoms with Gasteiger partial charge in [-0.15, -0.1) is 24.0 Å². The summed E-state index contributed by atoms with van der Waals surface area (Å²) >= 11 is 0. The molecule has 0 aliphatic heterocycles. The lowest BCUT2D eigenvalue weighted by atomic mass is 10.2. The van der Waals surface area contributed by atoms with Crippen LogP contribution in [0, 0.1) is 5.82 Å². The Bertz CT molecular complexity index is 819. The fourth-order valence-corrected chi connectivity index (χ4v) is 2.36. The summed E-state index contributed by atoms with van der Waals surface area (Å²) in [4.78, 5) is 4.38. The van der Waals surface area contributed by atoms with E-state index in [9.17, 15) is 22.7 Å². The fourth-order valence-electron chi connectivity index (χ4n) is 2.36. The highest BCUT2D eigenvalue weighted by Crippen LogP contribution is 2.19. The third-order valence-electron chi connectivity index (χ3n) is 3.85. The number of rotatable bonds is 10. The van der Waals surface area contributed by atoms with Gasteiger partial charge in [-0.3, -0.25) is 0 Å². The van der Waals surface area contributed by atoms with E-state index in [0.29, 0.717) is 18.3 Å². The second kappa shape index (κ2) is 14.0. The molecule has 11 heteroatoms. The minimum absolute atomic E-state index is 0. The maximum atomic E-state index is 12.9. The Balaban J connectivity index is 0.00000512. The number of guanidine groups is 1. The minimum Gasteiger partial charge on any atom is -0.491 e. The largest absolute Gasteiger partial charge is 0.491 e. The van der Waals surface area contributed by atoms with Crippen LogP contribution in [0.3, 0.4) is 0 Å². The number of hydrogen-bond donors (Lipinski definition) is 3. The molecule has 0 aliphatic carbocycles. The van der Waals surface area contributed by atoms with Gasteiger partial charge in [-0.1, -0.05) is 12.1 Å². The van der Waals surface area contributed by atoms with Gasteiger partial charge in [0, 0.05) is 13.1 Å². The molecule has 0 spiro atoms. The van der Waals surface area contributed by atoms with Crippen LogP contribution in [0.15, 0.2) is 53.5 Å². The molecule has 178 valence electrons. The molecule has 1 unspecified atom stereocenters. The van der Waals surface area contributed by atoms with Crippen molar-refractivity contribution in [3.05, 3.63) is 59.9 Å². The third kappa shape index (κ3) is 11.4. The smallest absolute Gasteiger partial charge is 0.422 e. The highest BCUT2D eigenvalue weighted by atomic mass is 127. The van der Waals surface area contributed by atoms with Gasteiger partial charge in [-0.25, -0.2) is 9.38 Å². The van der Waals surface area contributed by atoms with Crippen LogP contribution >= 0.6 is 24.0 Å². The lowest BCUT2D eigenvalue weighted by molar-refractivity contribution is -0.153. The SMILES string of the molecule is CCNC(=NCc1ccc(OCC(F)(F)F)cc1)NCC(O)COc1ccc(F)cc1.I. The van der Waals surface area contributed by atoms with Crippen molar-refractivity contribution in [1.29, 1.82) is 0 Å². The van der Waals surface area contributed by atoms with E-state index in [1.807, 2.05) is 6.92 Å². The molecule has 2 rings (SSSR count). The Morgan fingerprint density at radius 2 is 1.59 bits per heavy atom. The van der Waals surface area contributed by atoms with Gasteiger partial charge < -0.3 is 25.2 Å². The van der Waals surface area contributed by atoms with Crippen LogP contribution < -0.4 is 20.1 Å². The number of aliphatic hydroxyl groups is 1. The molecular formula is C21H26F4IN3O3. The summed E-state index contributed by atoms with van der Waals surface area (Å²) in [6, 6.07) is 11.6. The lowest BCUT2D eigenvalue weighted by Gasteiger charge is -2.16. The molecule has 0 amide bonds.